The highest BCUT2D eigenvalue weighted by molar-refractivity contribution is 6.33. The Morgan fingerprint density at radius 1 is 1.41 bits per heavy atom. The smallest absolute Gasteiger partial charge is 0.350 e. The fourth-order valence-corrected chi connectivity index (χ4v) is 2.33. The topological polar surface area (TPSA) is 84.6 Å². The molecule has 0 aromatic heterocycles. The molecule has 5 nitrogen and oxygen atoms in total. The molecule has 1 aromatic carbocycles. The van der Waals surface area contributed by atoms with E-state index in [4.69, 9.17) is 38.8 Å². The number of benzene rings is 1. The van der Waals surface area contributed by atoms with Crippen molar-refractivity contribution in [1.82, 2.24) is 5.32 Å². The van der Waals surface area contributed by atoms with E-state index < -0.39 is 34.0 Å². The lowest BCUT2D eigenvalue weighted by atomic mass is 10.0. The van der Waals surface area contributed by atoms with Crippen molar-refractivity contribution in [2.75, 3.05) is 7.11 Å². The van der Waals surface area contributed by atoms with Crippen LogP contribution in [0.2, 0.25) is 5.02 Å². The molecule has 0 spiro atoms. The van der Waals surface area contributed by atoms with E-state index in [1.807, 2.05) is 0 Å². The lowest BCUT2D eigenvalue weighted by Gasteiger charge is -2.31. The molecule has 1 atom stereocenters. The van der Waals surface area contributed by atoms with Crippen LogP contribution in [-0.2, 0) is 4.79 Å². The normalized spacial score (nSPS) is 21.3. The van der Waals surface area contributed by atoms with Crippen LogP contribution in [0, 0.1) is 5.82 Å². The second kappa shape index (κ2) is 5.75. The number of methoxy groups -OCH3 is 1. The summed E-state index contributed by atoms with van der Waals surface area (Å²) in [6.07, 6.45) is 0.710. The van der Waals surface area contributed by atoms with Crippen molar-refractivity contribution in [2.24, 2.45) is 5.73 Å². The summed E-state index contributed by atoms with van der Waals surface area (Å²) in [5, 5.41) is 10.8. The van der Waals surface area contributed by atoms with Gasteiger partial charge in [-0.15, -0.1) is 0 Å². The minimum absolute atomic E-state index is 0.0219. The van der Waals surface area contributed by atoms with E-state index in [-0.39, 0.29) is 16.3 Å². The van der Waals surface area contributed by atoms with Gasteiger partial charge in [-0.2, -0.15) is 0 Å². The Balaban J connectivity index is 2.63. The number of hydrogen-bond donors (Lipinski definition) is 3. The molecule has 0 bridgehead atoms. The second-order valence-electron chi connectivity index (χ2n) is 4.40. The molecule has 9 heteroatoms. The van der Waals surface area contributed by atoms with Crippen LogP contribution in [0.3, 0.4) is 0 Å². The Bertz CT molecular complexity index is 721. The van der Waals surface area contributed by atoms with E-state index in [1.54, 1.807) is 0 Å². The van der Waals surface area contributed by atoms with Crippen LogP contribution < -0.4 is 15.8 Å². The number of carbonyl (C=O) groups is 1. The Morgan fingerprint density at radius 3 is 2.59 bits per heavy atom. The van der Waals surface area contributed by atoms with Crippen molar-refractivity contribution in [1.29, 1.82) is 0 Å². The summed E-state index contributed by atoms with van der Waals surface area (Å²) in [4.78, 5) is 11.2. The minimum atomic E-state index is -2.27. The molecule has 118 valence electrons. The molecule has 0 radical (unpaired) electrons. The maximum absolute atomic E-state index is 14.3. The first kappa shape index (κ1) is 16.5. The van der Waals surface area contributed by atoms with E-state index in [2.05, 4.69) is 5.32 Å². The van der Waals surface area contributed by atoms with Gasteiger partial charge in [0.05, 0.1) is 22.9 Å². The highest BCUT2D eigenvalue weighted by Gasteiger charge is 2.42. The summed E-state index contributed by atoms with van der Waals surface area (Å²) >= 11 is 11.4. The molecular weight excluding hydrogens is 341 g/mol. The predicted octanol–water partition coefficient (Wildman–Crippen LogP) is 2.59. The summed E-state index contributed by atoms with van der Waals surface area (Å²) in [5.41, 5.74) is 2.56. The number of aliphatic carboxylic acids is 1. The molecule has 4 N–H and O–H groups in total. The number of nitrogens with one attached hydrogen (secondary N) is 1. The Kier molecular flexibility index (Phi) is 4.32. The molecule has 2 rings (SSSR count). The van der Waals surface area contributed by atoms with E-state index in [1.165, 1.54) is 13.2 Å². The molecule has 1 unspecified atom stereocenters. The lowest BCUT2D eigenvalue weighted by Crippen LogP contribution is -2.60. The molecule has 1 heterocycles. The summed E-state index contributed by atoms with van der Waals surface area (Å²) in [6, 6.07) is 2.44. The third-order valence-corrected chi connectivity index (χ3v) is 3.76. The molecule has 0 fully saturated rings. The first-order valence-electron chi connectivity index (χ1n) is 5.82. The number of allylic oxidation sites excluding steroid dienone is 2. The zero-order valence-corrected chi connectivity index (χ0v) is 12.6. The van der Waals surface area contributed by atoms with E-state index >= 15 is 0 Å². The van der Waals surface area contributed by atoms with Gasteiger partial charge in [0.1, 0.15) is 5.83 Å². The average Bonchev–Trinajstić information content (AvgIpc) is 2.44. The SMILES string of the molecule is COc1c(Cl)ccc(C2=C(F)C=C(Cl)C(N)(C(=O)O)N2)c1F. The Hall–Kier alpha value is -1.83. The number of ether oxygens (including phenoxy) is 1. The molecule has 0 amide bonds. The lowest BCUT2D eigenvalue weighted by molar-refractivity contribution is -0.142. The fourth-order valence-electron chi connectivity index (χ4n) is 1.88. The highest BCUT2D eigenvalue weighted by Crippen LogP contribution is 2.37. The van der Waals surface area contributed by atoms with Crippen molar-refractivity contribution < 1.29 is 23.4 Å². The number of carboxylic acids is 1. The molecule has 1 aromatic rings. The number of halogens is 4. The first-order chi connectivity index (χ1) is 10.2. The maximum Gasteiger partial charge on any atom is 0.350 e. The number of rotatable bonds is 3. The first-order valence-corrected chi connectivity index (χ1v) is 6.58. The Morgan fingerprint density at radius 2 is 2.05 bits per heavy atom. The monoisotopic (exact) mass is 350 g/mol. The zero-order valence-electron chi connectivity index (χ0n) is 11.1. The van der Waals surface area contributed by atoms with Crippen LogP contribution in [-0.4, -0.2) is 23.8 Å². The van der Waals surface area contributed by atoms with Crippen molar-refractivity contribution in [3.05, 3.63) is 45.5 Å². The fraction of sp³-hybridized carbons (Fsp3) is 0.154. The molecule has 0 aliphatic carbocycles. The molecule has 22 heavy (non-hydrogen) atoms. The van der Waals surface area contributed by atoms with Gasteiger partial charge in [-0.25, -0.2) is 13.6 Å². The maximum atomic E-state index is 14.3. The van der Waals surface area contributed by atoms with Crippen molar-refractivity contribution >= 4 is 34.9 Å². The molecular formula is C13H10Cl2F2N2O3. The van der Waals surface area contributed by atoms with Crippen molar-refractivity contribution in [2.45, 2.75) is 5.66 Å². The molecule has 0 saturated carbocycles. The standard InChI is InChI=1S/C13H10Cl2F2N2O3/c1-22-11-6(14)3-2-5(9(11)17)10-7(16)4-8(15)13(18,19-10)12(20)21/h2-4,19H,18H2,1H3,(H,20,21). The van der Waals surface area contributed by atoms with Crippen LogP contribution in [0.5, 0.6) is 5.75 Å². The third-order valence-electron chi connectivity index (χ3n) is 3.05. The van der Waals surface area contributed by atoms with Gasteiger partial charge < -0.3 is 15.2 Å². The summed E-state index contributed by atoms with van der Waals surface area (Å²) in [5.74, 6) is -3.80. The molecule has 1 aliphatic heterocycles. The van der Waals surface area contributed by atoms with Crippen LogP contribution in [0.25, 0.3) is 5.70 Å². The van der Waals surface area contributed by atoms with Crippen LogP contribution in [0.1, 0.15) is 5.56 Å². The van der Waals surface area contributed by atoms with Crippen molar-refractivity contribution in [3.8, 4) is 5.75 Å². The predicted molar refractivity (Wildman–Crippen MR) is 77.6 cm³/mol. The van der Waals surface area contributed by atoms with E-state index in [0.29, 0.717) is 6.08 Å². The van der Waals surface area contributed by atoms with Gasteiger partial charge in [0.25, 0.3) is 0 Å². The molecule has 0 saturated heterocycles. The van der Waals surface area contributed by atoms with Gasteiger partial charge in [0.2, 0.25) is 5.66 Å². The molecule has 1 aliphatic rings. The second-order valence-corrected chi connectivity index (χ2v) is 5.21. The van der Waals surface area contributed by atoms with Crippen LogP contribution in [0.15, 0.2) is 29.1 Å². The minimum Gasteiger partial charge on any atom is -0.492 e. The third kappa shape index (κ3) is 2.51. The van der Waals surface area contributed by atoms with E-state index in [0.717, 1.165) is 6.07 Å². The number of nitrogens with two attached hydrogens (primary N) is 1. The largest absolute Gasteiger partial charge is 0.492 e. The zero-order chi connectivity index (χ0) is 16.7. The summed E-state index contributed by atoms with van der Waals surface area (Å²) in [7, 11) is 1.19. The van der Waals surface area contributed by atoms with Gasteiger partial charge in [0, 0.05) is 5.56 Å². The highest BCUT2D eigenvalue weighted by atomic mass is 35.5. The van der Waals surface area contributed by atoms with Crippen LogP contribution >= 0.6 is 23.2 Å². The average molecular weight is 351 g/mol. The van der Waals surface area contributed by atoms with Gasteiger partial charge in [-0.05, 0) is 18.2 Å². The summed E-state index contributed by atoms with van der Waals surface area (Å²) in [6.45, 7) is 0. The summed E-state index contributed by atoms with van der Waals surface area (Å²) < 4.78 is 33.2. The number of hydrogen-bond acceptors (Lipinski definition) is 4. The quantitative estimate of drug-likeness (QED) is 0.780. The van der Waals surface area contributed by atoms with Crippen LogP contribution in [0.4, 0.5) is 8.78 Å². The van der Waals surface area contributed by atoms with E-state index in [9.17, 15) is 13.6 Å². The van der Waals surface area contributed by atoms with Gasteiger partial charge in [0.15, 0.2) is 11.6 Å². The van der Waals surface area contributed by atoms with Gasteiger partial charge >= 0.3 is 5.97 Å². The van der Waals surface area contributed by atoms with Gasteiger partial charge in [-0.3, -0.25) is 5.73 Å². The Labute approximate surface area is 133 Å². The van der Waals surface area contributed by atoms with Gasteiger partial charge in [-0.1, -0.05) is 23.2 Å². The number of dihydropyridines is 1. The van der Waals surface area contributed by atoms with Crippen molar-refractivity contribution in [3.63, 3.8) is 0 Å². The number of carboxylic acid groups (broad SMARTS) is 1.